The largest absolute Gasteiger partial charge is 0.378 e. The SMILES string of the molecule is O=C(CCSc1ccccc1)Nc1cccc(Cl)c1N1CCOCC1. The minimum absolute atomic E-state index is 0.000192. The topological polar surface area (TPSA) is 41.6 Å². The van der Waals surface area contributed by atoms with Crippen molar-refractivity contribution in [2.75, 3.05) is 42.3 Å². The van der Waals surface area contributed by atoms with Gasteiger partial charge in [0.25, 0.3) is 0 Å². The molecule has 132 valence electrons. The number of carbonyl (C=O) groups excluding carboxylic acids is 1. The Labute approximate surface area is 157 Å². The maximum atomic E-state index is 12.3. The van der Waals surface area contributed by atoms with Gasteiger partial charge in [0, 0.05) is 30.2 Å². The lowest BCUT2D eigenvalue weighted by atomic mass is 10.2. The number of morpholine rings is 1. The molecule has 0 saturated carbocycles. The molecule has 6 heteroatoms. The molecule has 1 saturated heterocycles. The number of para-hydroxylation sites is 1. The van der Waals surface area contributed by atoms with Gasteiger partial charge in [-0.05, 0) is 24.3 Å². The number of benzene rings is 2. The Balaban J connectivity index is 1.60. The lowest BCUT2D eigenvalue weighted by Gasteiger charge is -2.31. The van der Waals surface area contributed by atoms with Crippen LogP contribution < -0.4 is 10.2 Å². The first-order valence-corrected chi connectivity index (χ1v) is 9.69. The van der Waals surface area contributed by atoms with Gasteiger partial charge in [-0.3, -0.25) is 4.79 Å². The van der Waals surface area contributed by atoms with Gasteiger partial charge in [-0.15, -0.1) is 11.8 Å². The standard InChI is InChI=1S/C19H21ClN2O2S/c20-16-7-4-8-17(19(16)22-10-12-24-13-11-22)21-18(23)9-14-25-15-5-2-1-3-6-15/h1-8H,9-14H2,(H,21,23). The summed E-state index contributed by atoms with van der Waals surface area (Å²) in [4.78, 5) is 15.7. The van der Waals surface area contributed by atoms with Crippen LogP contribution >= 0.6 is 23.4 Å². The van der Waals surface area contributed by atoms with Crippen LogP contribution in [0.25, 0.3) is 0 Å². The minimum Gasteiger partial charge on any atom is -0.378 e. The zero-order valence-electron chi connectivity index (χ0n) is 13.9. The molecule has 4 nitrogen and oxygen atoms in total. The number of nitrogens with zero attached hydrogens (tertiary/aromatic N) is 1. The van der Waals surface area contributed by atoms with Gasteiger partial charge in [-0.25, -0.2) is 0 Å². The Kier molecular flexibility index (Phi) is 6.62. The molecular formula is C19H21ClN2O2S. The first-order chi connectivity index (χ1) is 12.2. The molecule has 1 N–H and O–H groups in total. The molecule has 0 radical (unpaired) electrons. The van der Waals surface area contributed by atoms with E-state index < -0.39 is 0 Å². The molecule has 2 aromatic rings. The number of halogens is 1. The molecule has 0 atom stereocenters. The summed E-state index contributed by atoms with van der Waals surface area (Å²) in [6.07, 6.45) is 0.453. The molecule has 3 rings (SSSR count). The molecule has 0 aromatic heterocycles. The van der Waals surface area contributed by atoms with E-state index in [-0.39, 0.29) is 5.91 Å². The number of amides is 1. The second-order valence-corrected chi connectivity index (χ2v) is 7.27. The fraction of sp³-hybridized carbons (Fsp3) is 0.316. The molecule has 1 aliphatic heterocycles. The van der Waals surface area contributed by atoms with Crippen molar-refractivity contribution in [3.63, 3.8) is 0 Å². The number of thioether (sulfide) groups is 1. The molecule has 2 aromatic carbocycles. The molecule has 1 fully saturated rings. The highest BCUT2D eigenvalue weighted by atomic mass is 35.5. The molecule has 0 aliphatic carbocycles. The van der Waals surface area contributed by atoms with Gasteiger partial charge in [0.1, 0.15) is 0 Å². The third-order valence-electron chi connectivity index (χ3n) is 3.93. The Bertz CT molecular complexity index is 706. The first-order valence-electron chi connectivity index (χ1n) is 8.33. The van der Waals surface area contributed by atoms with Crippen molar-refractivity contribution in [1.29, 1.82) is 0 Å². The van der Waals surface area contributed by atoms with Crippen molar-refractivity contribution < 1.29 is 9.53 Å². The first kappa shape index (κ1) is 18.1. The monoisotopic (exact) mass is 376 g/mol. The van der Waals surface area contributed by atoms with Gasteiger partial charge >= 0.3 is 0 Å². The van der Waals surface area contributed by atoms with E-state index in [2.05, 4.69) is 22.3 Å². The van der Waals surface area contributed by atoms with E-state index in [0.717, 1.165) is 30.2 Å². The predicted octanol–water partition coefficient (Wildman–Crippen LogP) is 4.30. The fourth-order valence-electron chi connectivity index (χ4n) is 2.72. The van der Waals surface area contributed by atoms with Crippen LogP contribution in [0.5, 0.6) is 0 Å². The number of rotatable bonds is 6. The zero-order chi connectivity index (χ0) is 17.5. The molecule has 25 heavy (non-hydrogen) atoms. The van der Waals surface area contributed by atoms with Crippen LogP contribution in [-0.4, -0.2) is 38.0 Å². The highest BCUT2D eigenvalue weighted by Gasteiger charge is 2.18. The van der Waals surface area contributed by atoms with Gasteiger partial charge in [0.05, 0.1) is 29.6 Å². The lowest BCUT2D eigenvalue weighted by molar-refractivity contribution is -0.115. The molecular weight excluding hydrogens is 356 g/mol. The van der Waals surface area contributed by atoms with E-state index in [9.17, 15) is 4.79 Å². The maximum Gasteiger partial charge on any atom is 0.225 e. The predicted molar refractivity (Wildman–Crippen MR) is 105 cm³/mol. The molecule has 0 unspecified atom stereocenters. The summed E-state index contributed by atoms with van der Waals surface area (Å²) in [5.41, 5.74) is 1.65. The summed E-state index contributed by atoms with van der Waals surface area (Å²) >= 11 is 8.07. The van der Waals surface area contributed by atoms with Crippen LogP contribution in [0.2, 0.25) is 5.02 Å². The normalized spacial score (nSPS) is 14.4. The number of hydrogen-bond donors (Lipinski definition) is 1. The number of hydrogen-bond acceptors (Lipinski definition) is 4. The number of anilines is 2. The highest BCUT2D eigenvalue weighted by molar-refractivity contribution is 7.99. The molecule has 0 bridgehead atoms. The van der Waals surface area contributed by atoms with Gasteiger partial charge in [0.2, 0.25) is 5.91 Å². The van der Waals surface area contributed by atoms with Crippen molar-refractivity contribution in [3.8, 4) is 0 Å². The van der Waals surface area contributed by atoms with Gasteiger partial charge in [0.15, 0.2) is 0 Å². The Morgan fingerprint density at radius 3 is 2.64 bits per heavy atom. The Morgan fingerprint density at radius 1 is 1.12 bits per heavy atom. The Hall–Kier alpha value is -1.69. The molecule has 0 spiro atoms. The summed E-state index contributed by atoms with van der Waals surface area (Å²) in [7, 11) is 0. The van der Waals surface area contributed by atoms with Crippen molar-refractivity contribution in [2.24, 2.45) is 0 Å². The van der Waals surface area contributed by atoms with Crippen LogP contribution in [0.3, 0.4) is 0 Å². The number of ether oxygens (including phenoxy) is 1. The van der Waals surface area contributed by atoms with Crippen LogP contribution in [0.4, 0.5) is 11.4 Å². The summed E-state index contributed by atoms with van der Waals surface area (Å²) in [6.45, 7) is 2.89. The molecule has 1 amide bonds. The Morgan fingerprint density at radius 2 is 1.88 bits per heavy atom. The third-order valence-corrected chi connectivity index (χ3v) is 5.25. The van der Waals surface area contributed by atoms with E-state index in [1.54, 1.807) is 11.8 Å². The smallest absolute Gasteiger partial charge is 0.225 e. The number of nitrogens with one attached hydrogen (secondary N) is 1. The van der Waals surface area contributed by atoms with Crippen molar-refractivity contribution in [3.05, 3.63) is 53.6 Å². The second kappa shape index (κ2) is 9.13. The van der Waals surface area contributed by atoms with E-state index in [1.165, 1.54) is 4.90 Å². The average Bonchev–Trinajstić information content (AvgIpc) is 2.63. The second-order valence-electron chi connectivity index (χ2n) is 5.70. The van der Waals surface area contributed by atoms with Gasteiger partial charge in [-0.2, -0.15) is 0 Å². The third kappa shape index (κ3) is 5.14. The van der Waals surface area contributed by atoms with Gasteiger partial charge in [-0.1, -0.05) is 35.9 Å². The van der Waals surface area contributed by atoms with Crippen LogP contribution in [-0.2, 0) is 9.53 Å². The quantitative estimate of drug-likeness (QED) is 0.763. The molecule has 1 aliphatic rings. The van der Waals surface area contributed by atoms with E-state index in [1.807, 2.05) is 36.4 Å². The maximum absolute atomic E-state index is 12.3. The van der Waals surface area contributed by atoms with E-state index in [0.29, 0.717) is 24.7 Å². The minimum atomic E-state index is 0.000192. The average molecular weight is 377 g/mol. The summed E-state index contributed by atoms with van der Waals surface area (Å²) in [5, 5.41) is 3.67. The highest BCUT2D eigenvalue weighted by Crippen LogP contribution is 2.34. The van der Waals surface area contributed by atoms with Crippen LogP contribution in [0.15, 0.2) is 53.4 Å². The van der Waals surface area contributed by atoms with E-state index in [4.69, 9.17) is 16.3 Å². The van der Waals surface area contributed by atoms with Crippen LogP contribution in [0.1, 0.15) is 6.42 Å². The summed E-state index contributed by atoms with van der Waals surface area (Å²) < 4.78 is 5.40. The fourth-order valence-corrected chi connectivity index (χ4v) is 3.88. The van der Waals surface area contributed by atoms with E-state index >= 15 is 0 Å². The lowest BCUT2D eigenvalue weighted by Crippen LogP contribution is -2.37. The zero-order valence-corrected chi connectivity index (χ0v) is 15.5. The molecule has 1 heterocycles. The number of carbonyl (C=O) groups is 1. The van der Waals surface area contributed by atoms with Crippen LogP contribution in [0, 0.1) is 0 Å². The van der Waals surface area contributed by atoms with Crippen molar-refractivity contribution in [1.82, 2.24) is 0 Å². The van der Waals surface area contributed by atoms with Crippen molar-refractivity contribution >= 4 is 40.6 Å². The van der Waals surface area contributed by atoms with Gasteiger partial charge < -0.3 is 15.0 Å². The summed E-state index contributed by atoms with van der Waals surface area (Å²) in [6, 6.07) is 15.7. The van der Waals surface area contributed by atoms with Crippen molar-refractivity contribution in [2.45, 2.75) is 11.3 Å². The summed E-state index contributed by atoms with van der Waals surface area (Å²) in [5.74, 6) is 0.740.